The largest absolute Gasteiger partial charge is 0.399 e. The van der Waals surface area contributed by atoms with Crippen LogP contribution in [-0.4, -0.2) is 13.0 Å². The normalized spacial score (nSPS) is 10.3. The first-order chi connectivity index (χ1) is 8.99. The number of rotatable bonds is 2. The van der Waals surface area contributed by atoms with Gasteiger partial charge in [0.1, 0.15) is 0 Å². The predicted octanol–water partition coefficient (Wildman–Crippen LogP) is 3.91. The first kappa shape index (κ1) is 14.3. The van der Waals surface area contributed by atoms with Crippen LogP contribution in [0.15, 0.2) is 46.9 Å². The van der Waals surface area contributed by atoms with E-state index in [1.165, 1.54) is 0 Å². The van der Waals surface area contributed by atoms with Gasteiger partial charge in [0.05, 0.1) is 5.56 Å². The van der Waals surface area contributed by atoms with E-state index in [0.29, 0.717) is 11.3 Å². The van der Waals surface area contributed by atoms with E-state index in [-0.39, 0.29) is 5.91 Å². The minimum Gasteiger partial charge on any atom is -0.399 e. The molecule has 0 aliphatic carbocycles. The van der Waals surface area contributed by atoms with Gasteiger partial charge in [-0.1, -0.05) is 0 Å². The number of halogens is 2. The molecule has 1 amide bonds. The minimum atomic E-state index is -0.0600. The maximum atomic E-state index is 12.5. The molecule has 5 heteroatoms. The van der Waals surface area contributed by atoms with Crippen molar-refractivity contribution in [2.24, 2.45) is 0 Å². The molecule has 3 nitrogen and oxygen atoms in total. The van der Waals surface area contributed by atoms with E-state index in [4.69, 9.17) is 5.73 Å². The van der Waals surface area contributed by atoms with Gasteiger partial charge in [-0.15, -0.1) is 0 Å². The number of carbonyl (C=O) groups is 1. The van der Waals surface area contributed by atoms with Gasteiger partial charge in [-0.05, 0) is 81.0 Å². The molecule has 0 spiro atoms. The third-order valence-corrected chi connectivity index (χ3v) is 4.11. The number of carbonyl (C=O) groups excluding carboxylic acids is 1. The number of benzene rings is 2. The summed E-state index contributed by atoms with van der Waals surface area (Å²) in [6, 6.07) is 12.9. The third-order valence-electron chi connectivity index (χ3n) is 2.74. The Bertz CT molecular complexity index is 613. The van der Waals surface area contributed by atoms with Gasteiger partial charge < -0.3 is 10.6 Å². The zero-order chi connectivity index (χ0) is 14.0. The van der Waals surface area contributed by atoms with Crippen molar-refractivity contribution in [3.63, 3.8) is 0 Å². The molecule has 0 bridgehead atoms. The predicted molar refractivity (Wildman–Crippen MR) is 90.4 cm³/mol. The first-order valence-electron chi connectivity index (χ1n) is 5.57. The highest BCUT2D eigenvalue weighted by molar-refractivity contribution is 14.1. The molecule has 0 aromatic heterocycles. The van der Waals surface area contributed by atoms with Gasteiger partial charge in [0.15, 0.2) is 0 Å². The van der Waals surface area contributed by atoms with Crippen LogP contribution in [0.3, 0.4) is 0 Å². The SMILES string of the molecule is CN(C(=O)c1cc(I)ccc1Br)c1ccc(N)cc1. The van der Waals surface area contributed by atoms with Crippen LogP contribution in [0.1, 0.15) is 10.4 Å². The molecule has 0 heterocycles. The van der Waals surface area contributed by atoms with Gasteiger partial charge in [-0.3, -0.25) is 4.79 Å². The van der Waals surface area contributed by atoms with Gasteiger partial charge in [0.2, 0.25) is 0 Å². The van der Waals surface area contributed by atoms with Gasteiger partial charge in [0, 0.05) is 26.5 Å². The molecule has 2 aromatic rings. The Balaban J connectivity index is 2.33. The van der Waals surface area contributed by atoms with Gasteiger partial charge in [-0.2, -0.15) is 0 Å². The van der Waals surface area contributed by atoms with E-state index < -0.39 is 0 Å². The monoisotopic (exact) mass is 430 g/mol. The van der Waals surface area contributed by atoms with Crippen LogP contribution in [0.4, 0.5) is 11.4 Å². The summed E-state index contributed by atoms with van der Waals surface area (Å²) in [4.78, 5) is 14.1. The Morgan fingerprint density at radius 3 is 2.47 bits per heavy atom. The first-order valence-corrected chi connectivity index (χ1v) is 7.45. The van der Waals surface area contributed by atoms with Crippen molar-refractivity contribution in [3.05, 3.63) is 56.1 Å². The van der Waals surface area contributed by atoms with Crippen molar-refractivity contribution in [1.82, 2.24) is 0 Å². The lowest BCUT2D eigenvalue weighted by molar-refractivity contribution is 0.0992. The Kier molecular flexibility index (Phi) is 4.46. The molecule has 98 valence electrons. The molecule has 2 N–H and O–H groups in total. The maximum absolute atomic E-state index is 12.5. The van der Waals surface area contributed by atoms with E-state index in [9.17, 15) is 4.79 Å². The minimum absolute atomic E-state index is 0.0600. The van der Waals surface area contributed by atoms with Crippen molar-refractivity contribution in [2.45, 2.75) is 0 Å². The topological polar surface area (TPSA) is 46.3 Å². The van der Waals surface area contributed by atoms with Crippen LogP contribution in [0.25, 0.3) is 0 Å². The average molecular weight is 431 g/mol. The van der Waals surface area contributed by atoms with Gasteiger partial charge >= 0.3 is 0 Å². The summed E-state index contributed by atoms with van der Waals surface area (Å²) in [7, 11) is 1.75. The van der Waals surface area contributed by atoms with Crippen molar-refractivity contribution in [3.8, 4) is 0 Å². The van der Waals surface area contributed by atoms with Crippen LogP contribution in [0, 0.1) is 3.57 Å². The third kappa shape index (κ3) is 3.27. The Labute approximate surface area is 134 Å². The number of nitrogen functional groups attached to an aromatic ring is 1. The molecule has 0 unspecified atom stereocenters. The molecule has 0 fully saturated rings. The Hall–Kier alpha value is -1.08. The quantitative estimate of drug-likeness (QED) is 0.579. The van der Waals surface area contributed by atoms with Crippen LogP contribution in [-0.2, 0) is 0 Å². The molecule has 0 saturated heterocycles. The van der Waals surface area contributed by atoms with Crippen molar-refractivity contribution in [2.75, 3.05) is 17.7 Å². The van der Waals surface area contributed by atoms with Crippen LogP contribution in [0.5, 0.6) is 0 Å². The van der Waals surface area contributed by atoms with Gasteiger partial charge in [-0.25, -0.2) is 0 Å². The molecule has 2 rings (SSSR count). The molecule has 2 aromatic carbocycles. The summed E-state index contributed by atoms with van der Waals surface area (Å²) in [5, 5.41) is 0. The molecule has 0 aliphatic rings. The molecule has 0 atom stereocenters. The standard InChI is InChI=1S/C14H12BrIN2O/c1-18(11-5-3-10(17)4-6-11)14(19)12-8-9(16)2-7-13(12)15/h2-8H,17H2,1H3. The molecular weight excluding hydrogens is 419 g/mol. The fourth-order valence-corrected chi connectivity index (χ4v) is 2.56. The van der Waals surface area contributed by atoms with E-state index in [2.05, 4.69) is 38.5 Å². The molecule has 0 radical (unpaired) electrons. The van der Waals surface area contributed by atoms with E-state index >= 15 is 0 Å². The Morgan fingerprint density at radius 1 is 1.21 bits per heavy atom. The highest BCUT2D eigenvalue weighted by Crippen LogP contribution is 2.23. The number of hydrogen-bond donors (Lipinski definition) is 1. The summed E-state index contributed by atoms with van der Waals surface area (Å²) in [6.45, 7) is 0. The lowest BCUT2D eigenvalue weighted by atomic mass is 10.2. The molecular formula is C14H12BrIN2O. The van der Waals surface area contributed by atoms with Crippen LogP contribution >= 0.6 is 38.5 Å². The number of anilines is 2. The van der Waals surface area contributed by atoms with Crippen LogP contribution in [0.2, 0.25) is 0 Å². The average Bonchev–Trinajstić information content (AvgIpc) is 2.41. The smallest absolute Gasteiger partial charge is 0.259 e. The van der Waals surface area contributed by atoms with Crippen molar-refractivity contribution in [1.29, 1.82) is 0 Å². The molecule has 19 heavy (non-hydrogen) atoms. The zero-order valence-corrected chi connectivity index (χ0v) is 14.0. The lowest BCUT2D eigenvalue weighted by Crippen LogP contribution is -2.26. The summed E-state index contributed by atoms with van der Waals surface area (Å²) >= 11 is 5.60. The molecule has 0 aliphatic heterocycles. The highest BCUT2D eigenvalue weighted by atomic mass is 127. The van der Waals surface area contributed by atoms with Gasteiger partial charge in [0.25, 0.3) is 5.91 Å². The Morgan fingerprint density at radius 2 is 1.84 bits per heavy atom. The summed E-state index contributed by atoms with van der Waals surface area (Å²) < 4.78 is 1.81. The fourth-order valence-electron chi connectivity index (χ4n) is 1.66. The number of nitrogens with zero attached hydrogens (tertiary/aromatic N) is 1. The summed E-state index contributed by atoms with van der Waals surface area (Å²) in [5.41, 5.74) is 7.78. The molecule has 0 saturated carbocycles. The second-order valence-electron chi connectivity index (χ2n) is 4.08. The zero-order valence-electron chi connectivity index (χ0n) is 10.2. The number of hydrogen-bond acceptors (Lipinski definition) is 2. The maximum Gasteiger partial charge on any atom is 0.259 e. The highest BCUT2D eigenvalue weighted by Gasteiger charge is 2.16. The summed E-state index contributed by atoms with van der Waals surface area (Å²) in [5.74, 6) is -0.0600. The van der Waals surface area contributed by atoms with E-state index in [1.807, 2.05) is 30.3 Å². The second-order valence-corrected chi connectivity index (χ2v) is 6.18. The number of nitrogens with two attached hydrogens (primary N) is 1. The second kappa shape index (κ2) is 5.92. The summed E-state index contributed by atoms with van der Waals surface area (Å²) in [6.07, 6.45) is 0. The lowest BCUT2D eigenvalue weighted by Gasteiger charge is -2.18. The van der Waals surface area contributed by atoms with Crippen molar-refractivity contribution < 1.29 is 4.79 Å². The van der Waals surface area contributed by atoms with Crippen LogP contribution < -0.4 is 10.6 Å². The number of amides is 1. The van der Waals surface area contributed by atoms with E-state index in [1.54, 1.807) is 24.1 Å². The van der Waals surface area contributed by atoms with Crippen molar-refractivity contribution >= 4 is 55.8 Å². The fraction of sp³-hybridized carbons (Fsp3) is 0.0714. The van der Waals surface area contributed by atoms with E-state index in [0.717, 1.165) is 13.7 Å².